The maximum absolute atomic E-state index is 4.93. The predicted molar refractivity (Wildman–Crippen MR) is 215 cm³/mol. The average molecular weight is 771 g/mol. The van der Waals surface area contributed by atoms with Gasteiger partial charge in [-0.2, -0.15) is 12.1 Å². The van der Waals surface area contributed by atoms with E-state index >= 15 is 0 Å². The molecule has 6 aromatic rings. The summed E-state index contributed by atoms with van der Waals surface area (Å²) < 4.78 is 0. The van der Waals surface area contributed by atoms with E-state index in [0.29, 0.717) is 11.8 Å². The van der Waals surface area contributed by atoms with Crippen molar-refractivity contribution in [1.82, 2.24) is 0 Å². The van der Waals surface area contributed by atoms with Gasteiger partial charge in [-0.1, -0.05) is 147 Å². The third-order valence-corrected chi connectivity index (χ3v) is 8.64. The Bertz CT molecular complexity index is 1850. The Labute approximate surface area is 312 Å². The molecule has 0 aliphatic heterocycles. The molecule has 0 bridgehead atoms. The van der Waals surface area contributed by atoms with Gasteiger partial charge in [0.25, 0.3) is 0 Å². The fraction of sp³-hybridized carbons (Fsp3) is 0.318. The maximum atomic E-state index is 4.93. The van der Waals surface area contributed by atoms with Crippen LogP contribution in [0.4, 0.5) is 0 Å². The summed E-state index contributed by atoms with van der Waals surface area (Å²) in [7, 11) is 11.0. The summed E-state index contributed by atoms with van der Waals surface area (Å²) >= 11 is -0.826. The molecule has 0 nitrogen and oxygen atoms in total. The van der Waals surface area contributed by atoms with E-state index in [0.717, 1.165) is 9.52 Å². The molecule has 0 aliphatic rings. The van der Waals surface area contributed by atoms with Crippen molar-refractivity contribution in [3.63, 3.8) is 0 Å². The monoisotopic (exact) mass is 768 g/mol. The normalized spacial score (nSPS) is 11.0. The first-order valence-electron chi connectivity index (χ1n) is 16.9. The van der Waals surface area contributed by atoms with Crippen LogP contribution in [0.15, 0.2) is 103 Å². The number of rotatable bonds is 4. The van der Waals surface area contributed by atoms with Gasteiger partial charge in [0.15, 0.2) is 0 Å². The predicted octanol–water partition coefficient (Wildman–Crippen LogP) is 14.8. The molecule has 0 saturated heterocycles. The van der Waals surface area contributed by atoms with Crippen molar-refractivity contribution in [2.75, 3.05) is 0 Å². The molecular weight excluding hydrogens is 719 g/mol. The standard InChI is InChI=1S/2C21H23.C2H6Si.2ClH.Zr/c1-14-12-19-15(2)6-11-18(20(19)13-14)16-7-9-17(10-8-16)21(3,4)5;1-14(2)16-8-10-17(11-9-16)20-7-5-6-18-12-19(15(3)4)13-21(18)20;1-3-2;;;/h6-13H,1-5H3;5-15H,1-4H3;1-2H3;2*1H;/q2*-1;;;;+4/p-2. The third kappa shape index (κ3) is 10.6. The minimum atomic E-state index is -0.826. The molecule has 0 aliphatic carbocycles. The van der Waals surface area contributed by atoms with Crippen molar-refractivity contribution < 1.29 is 20.8 Å². The molecule has 250 valence electrons. The number of aryl methyl sites for hydroxylation is 2. The van der Waals surface area contributed by atoms with E-state index in [4.69, 9.17) is 17.0 Å². The molecule has 0 saturated carbocycles. The quantitative estimate of drug-likeness (QED) is 0.124. The van der Waals surface area contributed by atoms with E-state index in [2.05, 4.69) is 179 Å². The fourth-order valence-electron chi connectivity index (χ4n) is 5.88. The number of benzene rings is 4. The second-order valence-electron chi connectivity index (χ2n) is 14.2. The minimum absolute atomic E-state index is 0.206. The molecule has 0 aromatic heterocycles. The molecule has 2 radical (unpaired) electrons. The Morgan fingerprint density at radius 3 is 1.73 bits per heavy atom. The first-order chi connectivity index (χ1) is 22.7. The van der Waals surface area contributed by atoms with E-state index in [1.54, 1.807) is 0 Å². The van der Waals surface area contributed by atoms with Crippen LogP contribution < -0.4 is 0 Å². The Kier molecular flexibility index (Phi) is 15.7. The molecule has 0 atom stereocenters. The van der Waals surface area contributed by atoms with Gasteiger partial charge in [-0.25, -0.2) is 0 Å². The van der Waals surface area contributed by atoms with Crippen LogP contribution in [-0.2, 0) is 26.3 Å². The molecular formula is C44H52Cl2SiZr. The zero-order valence-electron chi connectivity index (χ0n) is 30.7. The summed E-state index contributed by atoms with van der Waals surface area (Å²) in [5.41, 5.74) is 12.4. The Morgan fingerprint density at radius 2 is 1.21 bits per heavy atom. The van der Waals surface area contributed by atoms with Crippen LogP contribution in [0.3, 0.4) is 0 Å². The van der Waals surface area contributed by atoms with Gasteiger partial charge in [-0.3, -0.25) is 0 Å². The summed E-state index contributed by atoms with van der Waals surface area (Å²) in [6, 6.07) is 38.4. The first-order valence-corrected chi connectivity index (χ1v) is 25.2. The topological polar surface area (TPSA) is 0 Å². The van der Waals surface area contributed by atoms with Gasteiger partial charge in [0, 0.05) is 9.52 Å². The van der Waals surface area contributed by atoms with Crippen LogP contribution in [0.25, 0.3) is 43.8 Å². The average Bonchev–Trinajstić information content (AvgIpc) is 3.67. The number of hydrogen-bond donors (Lipinski definition) is 0. The van der Waals surface area contributed by atoms with Gasteiger partial charge in [0.05, 0.1) is 0 Å². The third-order valence-electron chi connectivity index (χ3n) is 8.64. The summed E-state index contributed by atoms with van der Waals surface area (Å²) in [5.74, 6) is 1.16. The number of hydrogen-bond acceptors (Lipinski definition) is 0. The molecule has 48 heavy (non-hydrogen) atoms. The van der Waals surface area contributed by atoms with Crippen LogP contribution in [0.1, 0.15) is 88.1 Å². The molecule has 6 rings (SSSR count). The molecule has 0 heterocycles. The van der Waals surface area contributed by atoms with E-state index in [1.807, 2.05) is 0 Å². The van der Waals surface area contributed by atoms with Gasteiger partial charge in [-0.15, -0.1) is 68.6 Å². The SMILES string of the molecule is CC(C)c1ccc(-c2cccc3[cH-]c(C(C)C)cc23)cc1.C[Si]C.Cc1cc2c(-c3ccc(C(C)(C)C)cc3)ccc(C)c2[cH-]1.[Cl][Zr+2][Cl]. The molecule has 0 spiro atoms. The van der Waals surface area contributed by atoms with Crippen LogP contribution in [-0.4, -0.2) is 9.52 Å². The second-order valence-corrected chi connectivity index (χ2v) is 18.9. The van der Waals surface area contributed by atoms with Crippen molar-refractivity contribution in [1.29, 1.82) is 0 Å². The summed E-state index contributed by atoms with van der Waals surface area (Å²) in [6.45, 7) is 24.4. The first kappa shape index (κ1) is 40.2. The van der Waals surface area contributed by atoms with Gasteiger partial charge in [0.2, 0.25) is 0 Å². The van der Waals surface area contributed by atoms with Crippen molar-refractivity contribution in [3.05, 3.63) is 131 Å². The van der Waals surface area contributed by atoms with E-state index in [-0.39, 0.29) is 5.41 Å². The Balaban J connectivity index is 0.000000224. The van der Waals surface area contributed by atoms with Crippen LogP contribution >= 0.6 is 17.0 Å². The molecule has 0 N–H and O–H groups in total. The molecule has 4 heteroatoms. The van der Waals surface area contributed by atoms with Crippen LogP contribution in [0, 0.1) is 13.8 Å². The van der Waals surface area contributed by atoms with E-state index < -0.39 is 20.8 Å². The molecule has 0 amide bonds. The molecule has 0 fully saturated rings. The van der Waals surface area contributed by atoms with Crippen molar-refractivity contribution in [2.24, 2.45) is 0 Å². The Morgan fingerprint density at radius 1 is 0.667 bits per heavy atom. The zero-order chi connectivity index (χ0) is 35.6. The van der Waals surface area contributed by atoms with Crippen molar-refractivity contribution >= 4 is 48.1 Å². The number of fused-ring (bicyclic) bond motifs is 2. The summed E-state index contributed by atoms with van der Waals surface area (Å²) in [5, 5.41) is 5.48. The summed E-state index contributed by atoms with van der Waals surface area (Å²) in [4.78, 5) is 0. The van der Waals surface area contributed by atoms with Crippen LogP contribution in [0.5, 0.6) is 0 Å². The molecule has 6 aromatic carbocycles. The summed E-state index contributed by atoms with van der Waals surface area (Å²) in [6.07, 6.45) is 0. The molecule has 0 unspecified atom stereocenters. The zero-order valence-corrected chi connectivity index (χ0v) is 35.7. The van der Waals surface area contributed by atoms with Crippen molar-refractivity contribution in [3.8, 4) is 22.3 Å². The van der Waals surface area contributed by atoms with Gasteiger partial charge >= 0.3 is 37.9 Å². The fourth-order valence-corrected chi connectivity index (χ4v) is 5.88. The second kappa shape index (κ2) is 18.7. The number of halogens is 2. The van der Waals surface area contributed by atoms with E-state index in [9.17, 15) is 0 Å². The Hall–Kier alpha value is -2.22. The van der Waals surface area contributed by atoms with Gasteiger partial charge < -0.3 is 0 Å². The van der Waals surface area contributed by atoms with Crippen molar-refractivity contribution in [2.45, 2.75) is 92.7 Å². The van der Waals surface area contributed by atoms with Gasteiger partial charge in [-0.05, 0) is 39.5 Å². The van der Waals surface area contributed by atoms with Crippen LogP contribution in [0.2, 0.25) is 13.1 Å². The van der Waals surface area contributed by atoms with E-state index in [1.165, 1.54) is 71.6 Å². The van der Waals surface area contributed by atoms with Gasteiger partial charge in [0.1, 0.15) is 0 Å².